The van der Waals surface area contributed by atoms with Crippen molar-refractivity contribution in [2.24, 2.45) is 0 Å². The lowest BCUT2D eigenvalue weighted by Crippen LogP contribution is -1.97. The van der Waals surface area contributed by atoms with Crippen molar-refractivity contribution in [2.45, 2.75) is 0 Å². The van der Waals surface area contributed by atoms with Gasteiger partial charge in [-0.3, -0.25) is 0 Å². The fraction of sp³-hybridized carbons (Fsp3) is 0. The van der Waals surface area contributed by atoms with Crippen molar-refractivity contribution in [3.8, 4) is 6.07 Å². The van der Waals surface area contributed by atoms with Gasteiger partial charge in [0.25, 0.3) is 0 Å². The summed E-state index contributed by atoms with van der Waals surface area (Å²) >= 11 is 0. The van der Waals surface area contributed by atoms with Gasteiger partial charge in [-0.2, -0.15) is 5.26 Å². The molecule has 0 aliphatic carbocycles. The third-order valence-corrected chi connectivity index (χ3v) is 2.51. The van der Waals surface area contributed by atoms with E-state index in [-0.39, 0.29) is 11.1 Å². The number of carbonyl (C=O) groups is 1. The second-order valence-electron chi connectivity index (χ2n) is 3.81. The fourth-order valence-electron chi connectivity index (χ4n) is 1.55. The van der Waals surface area contributed by atoms with Crippen LogP contribution in [-0.2, 0) is 0 Å². The van der Waals surface area contributed by atoms with Crippen molar-refractivity contribution in [1.82, 2.24) is 0 Å². The predicted octanol–water partition coefficient (Wildman–Crippen LogP) is 3.14. The van der Waals surface area contributed by atoms with E-state index in [0.717, 1.165) is 0 Å². The predicted molar refractivity (Wildman–Crippen MR) is 67.8 cm³/mol. The van der Waals surface area contributed by atoms with Crippen LogP contribution in [0.1, 0.15) is 15.9 Å². The van der Waals surface area contributed by atoms with Crippen LogP contribution in [0.15, 0.2) is 42.5 Å². The second-order valence-corrected chi connectivity index (χ2v) is 3.81. The molecule has 0 fully saturated rings. The standard InChI is InChI=1S/C14H9FN2O2/c15-13-6-5-12(7-10(13)8-16)17-11-3-1-9(2-4-11)14(18)19/h1-7,17H,(H,18,19). The Kier molecular flexibility index (Phi) is 3.44. The third-order valence-electron chi connectivity index (χ3n) is 2.51. The van der Waals surface area contributed by atoms with Gasteiger partial charge in [-0.1, -0.05) is 0 Å². The average molecular weight is 256 g/mol. The molecule has 0 aliphatic rings. The zero-order chi connectivity index (χ0) is 13.8. The zero-order valence-corrected chi connectivity index (χ0v) is 9.72. The molecule has 0 radical (unpaired) electrons. The number of nitrogens with zero attached hydrogens (tertiary/aromatic N) is 1. The van der Waals surface area contributed by atoms with Gasteiger partial charge in [0, 0.05) is 11.4 Å². The van der Waals surface area contributed by atoms with Gasteiger partial charge >= 0.3 is 5.97 Å². The van der Waals surface area contributed by atoms with Crippen LogP contribution < -0.4 is 5.32 Å². The first-order valence-corrected chi connectivity index (χ1v) is 5.40. The first-order chi connectivity index (χ1) is 9.10. The molecule has 0 atom stereocenters. The molecule has 0 amide bonds. The SMILES string of the molecule is N#Cc1cc(Nc2ccc(C(=O)O)cc2)ccc1F. The Balaban J connectivity index is 2.22. The van der Waals surface area contributed by atoms with E-state index < -0.39 is 11.8 Å². The highest BCUT2D eigenvalue weighted by molar-refractivity contribution is 5.88. The number of hydrogen-bond donors (Lipinski definition) is 2. The fourth-order valence-corrected chi connectivity index (χ4v) is 1.55. The summed E-state index contributed by atoms with van der Waals surface area (Å²) in [5, 5.41) is 20.5. The minimum Gasteiger partial charge on any atom is -0.478 e. The van der Waals surface area contributed by atoms with E-state index in [1.165, 1.54) is 30.3 Å². The Bertz CT molecular complexity index is 660. The van der Waals surface area contributed by atoms with Gasteiger partial charge in [0.15, 0.2) is 0 Å². The molecule has 2 rings (SSSR count). The maximum Gasteiger partial charge on any atom is 0.335 e. The summed E-state index contributed by atoms with van der Waals surface area (Å²) in [5.74, 6) is -1.57. The van der Waals surface area contributed by atoms with Crippen molar-refractivity contribution in [1.29, 1.82) is 5.26 Å². The van der Waals surface area contributed by atoms with Crippen molar-refractivity contribution in [3.63, 3.8) is 0 Å². The summed E-state index contributed by atoms with van der Waals surface area (Å²) in [5.41, 5.74) is 1.34. The van der Waals surface area contributed by atoms with Gasteiger partial charge in [-0.25, -0.2) is 9.18 Å². The van der Waals surface area contributed by atoms with Crippen molar-refractivity contribution < 1.29 is 14.3 Å². The van der Waals surface area contributed by atoms with Crippen LogP contribution in [-0.4, -0.2) is 11.1 Å². The number of carboxylic acids is 1. The van der Waals surface area contributed by atoms with Crippen LogP contribution in [0.25, 0.3) is 0 Å². The lowest BCUT2D eigenvalue weighted by atomic mass is 10.2. The number of anilines is 2. The molecule has 0 aliphatic heterocycles. The maximum absolute atomic E-state index is 13.1. The monoisotopic (exact) mass is 256 g/mol. The molecule has 0 saturated carbocycles. The summed E-state index contributed by atoms with van der Waals surface area (Å²) in [7, 11) is 0. The van der Waals surface area contributed by atoms with E-state index in [9.17, 15) is 9.18 Å². The number of aromatic carboxylic acids is 1. The van der Waals surface area contributed by atoms with Crippen LogP contribution in [0, 0.1) is 17.1 Å². The molecule has 19 heavy (non-hydrogen) atoms. The van der Waals surface area contributed by atoms with Crippen LogP contribution in [0.2, 0.25) is 0 Å². The molecule has 0 heterocycles. The summed E-state index contributed by atoms with van der Waals surface area (Å²) < 4.78 is 13.1. The minimum atomic E-state index is -1.000. The molecule has 2 aromatic rings. The second kappa shape index (κ2) is 5.19. The molecule has 4 nitrogen and oxygen atoms in total. The number of halogens is 1. The largest absolute Gasteiger partial charge is 0.478 e. The van der Waals surface area contributed by atoms with E-state index in [1.54, 1.807) is 18.2 Å². The molecular formula is C14H9FN2O2. The number of benzene rings is 2. The summed E-state index contributed by atoms with van der Waals surface area (Å²) in [6.07, 6.45) is 0. The molecule has 94 valence electrons. The normalized spacial score (nSPS) is 9.68. The zero-order valence-electron chi connectivity index (χ0n) is 9.72. The highest BCUT2D eigenvalue weighted by atomic mass is 19.1. The summed E-state index contributed by atoms with van der Waals surface area (Å²) in [4.78, 5) is 10.7. The molecule has 0 unspecified atom stereocenters. The van der Waals surface area contributed by atoms with E-state index in [4.69, 9.17) is 10.4 Å². The van der Waals surface area contributed by atoms with E-state index in [0.29, 0.717) is 11.4 Å². The Morgan fingerprint density at radius 2 is 1.79 bits per heavy atom. The molecular weight excluding hydrogens is 247 g/mol. The Labute approximate surface area is 108 Å². The van der Waals surface area contributed by atoms with Crippen LogP contribution in [0.4, 0.5) is 15.8 Å². The molecule has 2 aromatic carbocycles. The van der Waals surface area contributed by atoms with Crippen molar-refractivity contribution >= 4 is 17.3 Å². The average Bonchev–Trinajstić information content (AvgIpc) is 2.41. The Hall–Kier alpha value is -2.87. The van der Waals surface area contributed by atoms with Gasteiger partial charge in [0.1, 0.15) is 11.9 Å². The number of carboxylic acid groups (broad SMARTS) is 1. The molecule has 2 N–H and O–H groups in total. The van der Waals surface area contributed by atoms with Crippen LogP contribution in [0.5, 0.6) is 0 Å². The first kappa shape index (κ1) is 12.6. The third kappa shape index (κ3) is 2.87. The number of rotatable bonds is 3. The van der Waals surface area contributed by atoms with E-state index in [1.807, 2.05) is 0 Å². The highest BCUT2D eigenvalue weighted by Gasteiger charge is 2.04. The van der Waals surface area contributed by atoms with Gasteiger partial charge in [0.05, 0.1) is 11.1 Å². The van der Waals surface area contributed by atoms with Gasteiger partial charge in [-0.05, 0) is 42.5 Å². The number of nitriles is 1. The lowest BCUT2D eigenvalue weighted by Gasteiger charge is -2.07. The Morgan fingerprint density at radius 1 is 1.16 bits per heavy atom. The molecule has 0 bridgehead atoms. The minimum absolute atomic E-state index is 0.0489. The highest BCUT2D eigenvalue weighted by Crippen LogP contribution is 2.19. The van der Waals surface area contributed by atoms with Gasteiger partial charge in [-0.15, -0.1) is 0 Å². The molecule has 0 spiro atoms. The van der Waals surface area contributed by atoms with Crippen molar-refractivity contribution in [2.75, 3.05) is 5.32 Å². The number of nitrogens with one attached hydrogen (secondary N) is 1. The van der Waals surface area contributed by atoms with Crippen LogP contribution in [0.3, 0.4) is 0 Å². The molecule has 5 heteroatoms. The first-order valence-electron chi connectivity index (χ1n) is 5.40. The van der Waals surface area contributed by atoms with Crippen molar-refractivity contribution in [3.05, 3.63) is 59.4 Å². The topological polar surface area (TPSA) is 73.1 Å². The van der Waals surface area contributed by atoms with E-state index >= 15 is 0 Å². The van der Waals surface area contributed by atoms with Gasteiger partial charge < -0.3 is 10.4 Å². The maximum atomic E-state index is 13.1. The summed E-state index contributed by atoms with van der Waals surface area (Å²) in [6, 6.07) is 12.0. The quantitative estimate of drug-likeness (QED) is 0.884. The summed E-state index contributed by atoms with van der Waals surface area (Å²) in [6.45, 7) is 0. The molecule has 0 saturated heterocycles. The molecule has 0 aromatic heterocycles. The lowest BCUT2D eigenvalue weighted by molar-refractivity contribution is 0.0697. The van der Waals surface area contributed by atoms with Crippen LogP contribution >= 0.6 is 0 Å². The van der Waals surface area contributed by atoms with E-state index in [2.05, 4.69) is 5.32 Å². The number of hydrogen-bond acceptors (Lipinski definition) is 3. The smallest absolute Gasteiger partial charge is 0.335 e. The van der Waals surface area contributed by atoms with Gasteiger partial charge in [0.2, 0.25) is 0 Å². The Morgan fingerprint density at radius 3 is 2.37 bits per heavy atom.